The Bertz CT molecular complexity index is 740. The molecule has 2 amide bonds. The third-order valence-corrected chi connectivity index (χ3v) is 4.08. The van der Waals surface area contributed by atoms with Crippen molar-refractivity contribution in [2.75, 3.05) is 11.9 Å². The van der Waals surface area contributed by atoms with E-state index in [1.54, 1.807) is 36.5 Å². The fourth-order valence-corrected chi connectivity index (χ4v) is 2.58. The summed E-state index contributed by atoms with van der Waals surface area (Å²) in [5, 5.41) is 2.85. The van der Waals surface area contributed by atoms with Gasteiger partial charge in [0, 0.05) is 37.2 Å². The van der Waals surface area contributed by atoms with Crippen LogP contribution in [-0.2, 0) is 11.3 Å². The third kappa shape index (κ3) is 7.46. The molecule has 1 atom stereocenters. The Kier molecular flexibility index (Phi) is 11.4. The van der Waals surface area contributed by atoms with Crippen LogP contribution in [0.5, 0.6) is 0 Å². The van der Waals surface area contributed by atoms with Crippen molar-refractivity contribution in [2.24, 2.45) is 11.7 Å². The topological polar surface area (TPSA) is 88.3 Å². The van der Waals surface area contributed by atoms with Gasteiger partial charge in [-0.05, 0) is 42.2 Å². The molecule has 0 spiro atoms. The minimum Gasteiger partial charge on any atom is -0.351 e. The highest BCUT2D eigenvalue weighted by atomic mass is 35.5. The van der Waals surface area contributed by atoms with Crippen molar-refractivity contribution in [3.63, 3.8) is 0 Å². The van der Waals surface area contributed by atoms with Crippen molar-refractivity contribution in [1.82, 2.24) is 10.3 Å². The average molecular weight is 427 g/mol. The van der Waals surface area contributed by atoms with Gasteiger partial charge in [0.05, 0.1) is 6.04 Å². The molecule has 0 bridgehead atoms. The van der Waals surface area contributed by atoms with Gasteiger partial charge in [0.15, 0.2) is 0 Å². The number of rotatable bonds is 7. The maximum absolute atomic E-state index is 12.4. The van der Waals surface area contributed by atoms with Gasteiger partial charge in [-0.15, -0.1) is 24.8 Å². The summed E-state index contributed by atoms with van der Waals surface area (Å²) in [6.45, 7) is 4.48. The van der Waals surface area contributed by atoms with Gasteiger partial charge in [-0.2, -0.15) is 0 Å². The number of nitrogens with one attached hydrogen (secondary N) is 1. The second-order valence-electron chi connectivity index (χ2n) is 6.72. The first-order chi connectivity index (χ1) is 12.4. The van der Waals surface area contributed by atoms with Crippen molar-refractivity contribution < 1.29 is 9.59 Å². The van der Waals surface area contributed by atoms with Crippen LogP contribution in [0, 0.1) is 5.92 Å². The number of benzene rings is 1. The molecule has 1 heterocycles. The molecule has 0 saturated carbocycles. The predicted octanol–water partition coefficient (Wildman–Crippen LogP) is 3.19. The maximum atomic E-state index is 12.4. The summed E-state index contributed by atoms with van der Waals surface area (Å²) >= 11 is 0. The Balaban J connectivity index is 0.00000364. The van der Waals surface area contributed by atoms with E-state index in [9.17, 15) is 9.59 Å². The number of carbonyl (C=O) groups is 2. The van der Waals surface area contributed by atoms with E-state index in [4.69, 9.17) is 5.73 Å². The van der Waals surface area contributed by atoms with E-state index in [0.717, 1.165) is 11.3 Å². The van der Waals surface area contributed by atoms with Crippen LogP contribution in [0.3, 0.4) is 0 Å². The molecule has 0 unspecified atom stereocenters. The monoisotopic (exact) mass is 426 g/mol. The SMILES string of the molecule is CC(C)C[C@H](N)C(=O)NCc1ccc(N(C)C(=O)c2ccncc2)cc1.Cl.Cl. The number of hydrogen-bond acceptors (Lipinski definition) is 4. The number of aromatic nitrogens is 1. The normalized spacial score (nSPS) is 11.0. The van der Waals surface area contributed by atoms with Gasteiger partial charge in [0.2, 0.25) is 5.91 Å². The van der Waals surface area contributed by atoms with Gasteiger partial charge in [-0.1, -0.05) is 26.0 Å². The number of hydrogen-bond donors (Lipinski definition) is 2. The average Bonchev–Trinajstić information content (AvgIpc) is 2.65. The van der Waals surface area contributed by atoms with Crippen LogP contribution in [0.2, 0.25) is 0 Å². The fraction of sp³-hybridized carbons (Fsp3) is 0.350. The van der Waals surface area contributed by atoms with E-state index < -0.39 is 6.04 Å². The molecule has 2 rings (SSSR count). The molecule has 1 aromatic carbocycles. The molecule has 0 saturated heterocycles. The number of carbonyl (C=O) groups excluding carboxylic acids is 2. The molecule has 0 aliphatic carbocycles. The van der Waals surface area contributed by atoms with Crippen LogP contribution >= 0.6 is 24.8 Å². The lowest BCUT2D eigenvalue weighted by Gasteiger charge is -2.18. The molecule has 0 radical (unpaired) electrons. The molecular weight excluding hydrogens is 399 g/mol. The standard InChI is InChI=1S/C20H26N4O2.2ClH/c1-14(2)12-18(21)19(25)23-13-15-4-6-17(7-5-15)24(3)20(26)16-8-10-22-11-9-16;;/h4-11,14,18H,12-13,21H2,1-3H3,(H,23,25);2*1H/t18-;;/m0../s1. The quantitative estimate of drug-likeness (QED) is 0.711. The lowest BCUT2D eigenvalue weighted by molar-refractivity contribution is -0.122. The number of halogens is 2. The Labute approximate surface area is 178 Å². The van der Waals surface area contributed by atoms with Gasteiger partial charge >= 0.3 is 0 Å². The van der Waals surface area contributed by atoms with Gasteiger partial charge in [0.25, 0.3) is 5.91 Å². The van der Waals surface area contributed by atoms with E-state index in [1.807, 2.05) is 38.1 Å². The van der Waals surface area contributed by atoms with Crippen LogP contribution in [0.15, 0.2) is 48.8 Å². The first-order valence-corrected chi connectivity index (χ1v) is 8.68. The van der Waals surface area contributed by atoms with Gasteiger partial charge in [-0.25, -0.2) is 0 Å². The summed E-state index contributed by atoms with van der Waals surface area (Å²) in [5.41, 5.74) is 8.18. The van der Waals surface area contributed by atoms with Crippen molar-refractivity contribution in [1.29, 1.82) is 0 Å². The van der Waals surface area contributed by atoms with E-state index >= 15 is 0 Å². The molecule has 8 heteroatoms. The molecule has 6 nitrogen and oxygen atoms in total. The Morgan fingerprint density at radius 3 is 2.18 bits per heavy atom. The summed E-state index contributed by atoms with van der Waals surface area (Å²) < 4.78 is 0. The lowest BCUT2D eigenvalue weighted by atomic mass is 10.0. The number of amides is 2. The molecule has 1 aromatic heterocycles. The van der Waals surface area contributed by atoms with Crippen molar-refractivity contribution in [3.8, 4) is 0 Å². The molecule has 0 fully saturated rings. The van der Waals surface area contributed by atoms with E-state index in [0.29, 0.717) is 24.4 Å². The first-order valence-electron chi connectivity index (χ1n) is 8.68. The molecule has 0 aliphatic rings. The van der Waals surface area contributed by atoms with Gasteiger partial charge in [-0.3, -0.25) is 14.6 Å². The van der Waals surface area contributed by atoms with Crippen LogP contribution in [0.1, 0.15) is 36.2 Å². The smallest absolute Gasteiger partial charge is 0.258 e. The molecule has 154 valence electrons. The zero-order valence-corrected chi connectivity index (χ0v) is 17.9. The highest BCUT2D eigenvalue weighted by Gasteiger charge is 2.15. The number of nitrogens with zero attached hydrogens (tertiary/aromatic N) is 2. The lowest BCUT2D eigenvalue weighted by Crippen LogP contribution is -2.41. The highest BCUT2D eigenvalue weighted by molar-refractivity contribution is 6.05. The summed E-state index contributed by atoms with van der Waals surface area (Å²) in [7, 11) is 1.73. The van der Waals surface area contributed by atoms with E-state index in [1.165, 1.54) is 0 Å². The zero-order valence-electron chi connectivity index (χ0n) is 16.3. The Morgan fingerprint density at radius 2 is 1.64 bits per heavy atom. The minimum atomic E-state index is -0.488. The molecule has 3 N–H and O–H groups in total. The number of pyridine rings is 1. The number of anilines is 1. The van der Waals surface area contributed by atoms with Crippen LogP contribution < -0.4 is 16.0 Å². The fourth-order valence-electron chi connectivity index (χ4n) is 2.58. The minimum absolute atomic E-state index is 0. The van der Waals surface area contributed by atoms with Crippen LogP contribution in [0.4, 0.5) is 5.69 Å². The second-order valence-corrected chi connectivity index (χ2v) is 6.72. The van der Waals surface area contributed by atoms with Gasteiger partial charge < -0.3 is 16.0 Å². The first kappa shape index (κ1) is 25.9. The summed E-state index contributed by atoms with van der Waals surface area (Å²) in [5.74, 6) is 0.129. The predicted molar refractivity (Wildman–Crippen MR) is 117 cm³/mol. The zero-order chi connectivity index (χ0) is 19.1. The Morgan fingerprint density at radius 1 is 1.07 bits per heavy atom. The van der Waals surface area contributed by atoms with Gasteiger partial charge in [0.1, 0.15) is 0 Å². The van der Waals surface area contributed by atoms with E-state index in [2.05, 4.69) is 10.3 Å². The highest BCUT2D eigenvalue weighted by Crippen LogP contribution is 2.16. The van der Waals surface area contributed by atoms with Crippen molar-refractivity contribution in [2.45, 2.75) is 32.9 Å². The maximum Gasteiger partial charge on any atom is 0.258 e. The van der Waals surface area contributed by atoms with Crippen molar-refractivity contribution >= 4 is 42.3 Å². The molecule has 0 aliphatic heterocycles. The second kappa shape index (κ2) is 12.3. The van der Waals surface area contributed by atoms with Crippen LogP contribution in [-0.4, -0.2) is 29.9 Å². The molecule has 2 aromatic rings. The summed E-state index contributed by atoms with van der Waals surface area (Å²) in [4.78, 5) is 29.9. The molecular formula is C20H28Cl2N4O2. The largest absolute Gasteiger partial charge is 0.351 e. The number of nitrogens with two attached hydrogens (primary N) is 1. The third-order valence-electron chi connectivity index (χ3n) is 4.08. The Hall–Kier alpha value is -2.15. The molecule has 28 heavy (non-hydrogen) atoms. The van der Waals surface area contributed by atoms with Crippen LogP contribution in [0.25, 0.3) is 0 Å². The van der Waals surface area contributed by atoms with Crippen molar-refractivity contribution in [3.05, 3.63) is 59.9 Å². The van der Waals surface area contributed by atoms with E-state index in [-0.39, 0.29) is 36.6 Å². The summed E-state index contributed by atoms with van der Waals surface area (Å²) in [6, 6.07) is 10.4. The summed E-state index contributed by atoms with van der Waals surface area (Å²) in [6.07, 6.45) is 3.85.